The van der Waals surface area contributed by atoms with Crippen LogP contribution in [0.15, 0.2) is 24.3 Å². The third-order valence-corrected chi connectivity index (χ3v) is 2.95. The molecule has 0 unspecified atom stereocenters. The molecule has 1 aromatic carbocycles. The van der Waals surface area contributed by atoms with Gasteiger partial charge < -0.3 is 10.6 Å². The van der Waals surface area contributed by atoms with Crippen LogP contribution in [-0.4, -0.2) is 43.0 Å². The van der Waals surface area contributed by atoms with Crippen LogP contribution < -0.4 is 5.73 Å². The zero-order valence-electron chi connectivity index (χ0n) is 10.1. The molecule has 0 spiro atoms. The van der Waals surface area contributed by atoms with Gasteiger partial charge >= 0.3 is 0 Å². The summed E-state index contributed by atoms with van der Waals surface area (Å²) in [5.74, 6) is 0. The summed E-state index contributed by atoms with van der Waals surface area (Å²) in [6.45, 7) is 5.68. The molecule has 1 aromatic rings. The second kappa shape index (κ2) is 7.77. The Bertz CT molecular complexity index is 325. The first-order chi connectivity index (χ1) is 7.24. The fourth-order valence-electron chi connectivity index (χ4n) is 1.96. The lowest BCUT2D eigenvalue weighted by atomic mass is 10.2. The van der Waals surface area contributed by atoms with E-state index in [9.17, 15) is 0 Å². The van der Waals surface area contributed by atoms with Crippen LogP contribution in [0.3, 0.4) is 0 Å². The molecule has 0 aliphatic carbocycles. The molecule has 1 fully saturated rings. The summed E-state index contributed by atoms with van der Waals surface area (Å²) in [7, 11) is 2.18. The summed E-state index contributed by atoms with van der Waals surface area (Å²) in [5.41, 5.74) is 7.94. The van der Waals surface area contributed by atoms with Gasteiger partial charge in [-0.15, -0.1) is 24.8 Å². The van der Waals surface area contributed by atoms with Crippen LogP contribution in [0.2, 0.25) is 0 Å². The number of hydrogen-bond donors (Lipinski definition) is 1. The molecule has 0 amide bonds. The van der Waals surface area contributed by atoms with E-state index in [0.717, 1.165) is 25.3 Å². The topological polar surface area (TPSA) is 32.5 Å². The molecule has 1 aliphatic rings. The molecule has 1 aliphatic heterocycles. The van der Waals surface area contributed by atoms with Crippen LogP contribution in [-0.2, 0) is 6.54 Å². The van der Waals surface area contributed by atoms with Gasteiger partial charge in [0.1, 0.15) is 0 Å². The van der Waals surface area contributed by atoms with Crippen LogP contribution in [0.5, 0.6) is 0 Å². The van der Waals surface area contributed by atoms with Crippen molar-refractivity contribution in [1.82, 2.24) is 9.80 Å². The van der Waals surface area contributed by atoms with Crippen molar-refractivity contribution < 1.29 is 0 Å². The maximum atomic E-state index is 5.76. The highest BCUT2D eigenvalue weighted by Crippen LogP contribution is 2.10. The predicted octanol–water partition coefficient (Wildman–Crippen LogP) is 1.86. The number of rotatable bonds is 2. The summed E-state index contributed by atoms with van der Waals surface area (Å²) in [4.78, 5) is 4.85. The van der Waals surface area contributed by atoms with Gasteiger partial charge in [-0.3, -0.25) is 4.90 Å². The second-order valence-corrected chi connectivity index (χ2v) is 4.32. The number of likely N-dealkylation sites (N-methyl/N-ethyl adjacent to an activating group) is 1. The lowest BCUT2D eigenvalue weighted by Crippen LogP contribution is -2.43. The maximum absolute atomic E-state index is 5.76. The second-order valence-electron chi connectivity index (χ2n) is 4.32. The number of benzene rings is 1. The minimum Gasteiger partial charge on any atom is -0.399 e. The van der Waals surface area contributed by atoms with Crippen LogP contribution >= 0.6 is 24.8 Å². The number of nitrogens with zero attached hydrogens (tertiary/aromatic N) is 2. The van der Waals surface area contributed by atoms with E-state index in [1.54, 1.807) is 0 Å². The highest BCUT2D eigenvalue weighted by Gasteiger charge is 2.13. The molecule has 2 N–H and O–H groups in total. The lowest BCUT2D eigenvalue weighted by molar-refractivity contribution is 0.148. The summed E-state index contributed by atoms with van der Waals surface area (Å²) in [6, 6.07) is 8.18. The van der Waals surface area contributed by atoms with Gasteiger partial charge in [-0.1, -0.05) is 12.1 Å². The summed E-state index contributed by atoms with van der Waals surface area (Å²) < 4.78 is 0. The summed E-state index contributed by atoms with van der Waals surface area (Å²) >= 11 is 0. The average molecular weight is 278 g/mol. The van der Waals surface area contributed by atoms with Crippen LogP contribution in [0.1, 0.15) is 5.56 Å². The maximum Gasteiger partial charge on any atom is 0.0317 e. The summed E-state index contributed by atoms with van der Waals surface area (Å²) in [6.07, 6.45) is 0. The molecule has 17 heavy (non-hydrogen) atoms. The Hall–Kier alpha value is -0.480. The molecular weight excluding hydrogens is 257 g/mol. The predicted molar refractivity (Wildman–Crippen MR) is 78.1 cm³/mol. The number of nitrogen functional groups attached to an aromatic ring is 1. The molecule has 1 saturated heterocycles. The van der Waals surface area contributed by atoms with Gasteiger partial charge in [0.2, 0.25) is 0 Å². The molecule has 0 saturated carbocycles. The third-order valence-electron chi connectivity index (χ3n) is 2.95. The Morgan fingerprint density at radius 1 is 1.12 bits per heavy atom. The molecule has 3 nitrogen and oxygen atoms in total. The monoisotopic (exact) mass is 277 g/mol. The average Bonchev–Trinajstić information content (AvgIpc) is 2.22. The fourth-order valence-corrected chi connectivity index (χ4v) is 1.96. The van der Waals surface area contributed by atoms with Crippen LogP contribution in [0, 0.1) is 0 Å². The van der Waals surface area contributed by atoms with Gasteiger partial charge in [-0.2, -0.15) is 0 Å². The zero-order valence-corrected chi connectivity index (χ0v) is 11.8. The van der Waals surface area contributed by atoms with E-state index in [-0.39, 0.29) is 24.8 Å². The first-order valence-electron chi connectivity index (χ1n) is 5.49. The van der Waals surface area contributed by atoms with Crippen molar-refractivity contribution >= 4 is 30.5 Å². The molecule has 0 radical (unpaired) electrons. The molecular formula is C12H21Cl2N3. The largest absolute Gasteiger partial charge is 0.399 e. The Balaban J connectivity index is 0.00000128. The molecule has 98 valence electrons. The minimum atomic E-state index is 0. The molecule has 0 bridgehead atoms. The molecule has 5 heteroatoms. The first-order valence-corrected chi connectivity index (χ1v) is 5.49. The SMILES string of the molecule is CN1CCN(Cc2cccc(N)c2)CC1.Cl.Cl. The van der Waals surface area contributed by atoms with E-state index < -0.39 is 0 Å². The number of nitrogens with two attached hydrogens (primary N) is 1. The fraction of sp³-hybridized carbons (Fsp3) is 0.500. The standard InChI is InChI=1S/C12H19N3.2ClH/c1-14-5-7-15(8-6-14)10-11-3-2-4-12(13)9-11;;/h2-4,9H,5-8,10,13H2,1H3;2*1H. The number of piperazine rings is 1. The van der Waals surface area contributed by atoms with Gasteiger partial charge in [0.25, 0.3) is 0 Å². The molecule has 2 rings (SSSR count). The Labute approximate surface area is 116 Å². The van der Waals surface area contributed by atoms with Crippen molar-refractivity contribution in [2.45, 2.75) is 6.54 Å². The van der Waals surface area contributed by atoms with Gasteiger partial charge in [0, 0.05) is 38.4 Å². The summed E-state index contributed by atoms with van der Waals surface area (Å²) in [5, 5.41) is 0. The number of halogens is 2. The van der Waals surface area contributed by atoms with E-state index in [0.29, 0.717) is 0 Å². The van der Waals surface area contributed by atoms with Gasteiger partial charge in [-0.05, 0) is 24.7 Å². The van der Waals surface area contributed by atoms with Gasteiger partial charge in [0.05, 0.1) is 0 Å². The Morgan fingerprint density at radius 2 is 1.76 bits per heavy atom. The van der Waals surface area contributed by atoms with E-state index >= 15 is 0 Å². The smallest absolute Gasteiger partial charge is 0.0317 e. The molecule has 0 atom stereocenters. The zero-order chi connectivity index (χ0) is 10.7. The van der Waals surface area contributed by atoms with Gasteiger partial charge in [0.15, 0.2) is 0 Å². The van der Waals surface area contributed by atoms with Crippen molar-refractivity contribution in [2.24, 2.45) is 0 Å². The van der Waals surface area contributed by atoms with Crippen molar-refractivity contribution in [3.05, 3.63) is 29.8 Å². The minimum absolute atomic E-state index is 0. The van der Waals surface area contributed by atoms with Crippen molar-refractivity contribution in [3.63, 3.8) is 0 Å². The first kappa shape index (κ1) is 16.5. The van der Waals surface area contributed by atoms with Crippen LogP contribution in [0.25, 0.3) is 0 Å². The quantitative estimate of drug-likeness (QED) is 0.838. The molecule has 0 aromatic heterocycles. The highest BCUT2D eigenvalue weighted by atomic mass is 35.5. The number of hydrogen-bond acceptors (Lipinski definition) is 3. The van der Waals surface area contributed by atoms with Crippen molar-refractivity contribution in [1.29, 1.82) is 0 Å². The number of anilines is 1. The van der Waals surface area contributed by atoms with E-state index in [1.807, 2.05) is 12.1 Å². The highest BCUT2D eigenvalue weighted by molar-refractivity contribution is 5.85. The van der Waals surface area contributed by atoms with Crippen molar-refractivity contribution in [3.8, 4) is 0 Å². The van der Waals surface area contributed by atoms with Crippen molar-refractivity contribution in [2.75, 3.05) is 39.0 Å². The normalized spacial score (nSPS) is 17.0. The molecule has 1 heterocycles. The van der Waals surface area contributed by atoms with E-state index in [4.69, 9.17) is 5.73 Å². The Kier molecular flexibility index (Phi) is 7.55. The lowest BCUT2D eigenvalue weighted by Gasteiger charge is -2.32. The van der Waals surface area contributed by atoms with Gasteiger partial charge in [-0.25, -0.2) is 0 Å². The Morgan fingerprint density at radius 3 is 2.35 bits per heavy atom. The van der Waals surface area contributed by atoms with E-state index in [1.165, 1.54) is 18.7 Å². The third kappa shape index (κ3) is 5.13. The van der Waals surface area contributed by atoms with Crippen LogP contribution in [0.4, 0.5) is 5.69 Å². The van der Waals surface area contributed by atoms with E-state index in [2.05, 4.69) is 29.0 Å².